The second-order valence-electron chi connectivity index (χ2n) is 6.22. The van der Waals surface area contributed by atoms with E-state index in [1.807, 2.05) is 0 Å². The summed E-state index contributed by atoms with van der Waals surface area (Å²) in [5.41, 5.74) is 0. The number of hydrogen-bond acceptors (Lipinski definition) is 3. The first kappa shape index (κ1) is 13.8. The molecule has 4 heteroatoms. The van der Waals surface area contributed by atoms with Gasteiger partial charge in [-0.1, -0.05) is 0 Å². The number of nitrogens with one attached hydrogen (secondary N) is 1. The molecule has 1 aliphatic carbocycles. The van der Waals surface area contributed by atoms with Gasteiger partial charge in [0.25, 0.3) is 0 Å². The average Bonchev–Trinajstić information content (AvgIpc) is 3.10. The predicted molar refractivity (Wildman–Crippen MR) is 71.6 cm³/mol. The summed E-state index contributed by atoms with van der Waals surface area (Å²) < 4.78 is 0. The summed E-state index contributed by atoms with van der Waals surface area (Å²) in [5.74, 6) is -0.128. The number of carbonyl (C=O) groups is 1. The number of hydrogen-bond donors (Lipinski definition) is 2. The normalized spacial score (nSPS) is 29.7. The number of piperidine rings is 1. The Hall–Kier alpha value is -0.610. The quantitative estimate of drug-likeness (QED) is 0.757. The molecule has 2 rings (SSSR count). The zero-order valence-corrected chi connectivity index (χ0v) is 11.6. The maximum Gasteiger partial charge on any atom is 0.303 e. The standard InChI is InChI=1S/C14H26N2O2/c1-10(2)16-8-11(3-6-14(17)18)7-13(9-16)15-12-4-5-12/h10-13,15H,3-9H2,1-2H3,(H,17,18). The van der Waals surface area contributed by atoms with Crippen LogP contribution in [0.15, 0.2) is 0 Å². The molecule has 0 radical (unpaired) electrons. The fourth-order valence-corrected chi connectivity index (χ4v) is 2.90. The van der Waals surface area contributed by atoms with Crippen molar-refractivity contribution in [3.63, 3.8) is 0 Å². The third kappa shape index (κ3) is 4.25. The Balaban J connectivity index is 1.85. The van der Waals surface area contributed by atoms with Gasteiger partial charge in [-0.15, -0.1) is 0 Å². The minimum atomic E-state index is -0.664. The van der Waals surface area contributed by atoms with Crippen LogP contribution < -0.4 is 5.32 Å². The van der Waals surface area contributed by atoms with Crippen molar-refractivity contribution >= 4 is 5.97 Å². The Bertz CT molecular complexity index is 290. The lowest BCUT2D eigenvalue weighted by molar-refractivity contribution is -0.137. The first-order valence-corrected chi connectivity index (χ1v) is 7.26. The van der Waals surface area contributed by atoms with E-state index in [4.69, 9.17) is 5.11 Å². The van der Waals surface area contributed by atoms with Crippen molar-refractivity contribution in [1.29, 1.82) is 0 Å². The Morgan fingerprint density at radius 3 is 2.61 bits per heavy atom. The molecule has 0 bridgehead atoms. The van der Waals surface area contributed by atoms with E-state index in [0.29, 0.717) is 24.4 Å². The van der Waals surface area contributed by atoms with Gasteiger partial charge in [-0.25, -0.2) is 0 Å². The maximum atomic E-state index is 10.7. The van der Waals surface area contributed by atoms with E-state index in [0.717, 1.165) is 32.0 Å². The van der Waals surface area contributed by atoms with Crippen molar-refractivity contribution in [3.05, 3.63) is 0 Å². The van der Waals surface area contributed by atoms with Gasteiger partial charge in [0, 0.05) is 37.6 Å². The van der Waals surface area contributed by atoms with Crippen LogP contribution in [0.4, 0.5) is 0 Å². The lowest BCUT2D eigenvalue weighted by atomic mass is 9.89. The third-order valence-corrected chi connectivity index (χ3v) is 4.11. The van der Waals surface area contributed by atoms with Crippen LogP contribution >= 0.6 is 0 Å². The minimum absolute atomic E-state index is 0.312. The molecule has 0 amide bonds. The Morgan fingerprint density at radius 1 is 1.33 bits per heavy atom. The molecule has 18 heavy (non-hydrogen) atoms. The first-order chi connectivity index (χ1) is 8.54. The van der Waals surface area contributed by atoms with Crippen LogP contribution in [0.25, 0.3) is 0 Å². The fourth-order valence-electron chi connectivity index (χ4n) is 2.90. The largest absolute Gasteiger partial charge is 0.481 e. The van der Waals surface area contributed by atoms with E-state index in [9.17, 15) is 4.79 Å². The van der Waals surface area contributed by atoms with Crippen LogP contribution in [0, 0.1) is 5.92 Å². The molecule has 2 fully saturated rings. The molecule has 104 valence electrons. The summed E-state index contributed by atoms with van der Waals surface area (Å²) in [6, 6.07) is 1.86. The first-order valence-electron chi connectivity index (χ1n) is 7.26. The van der Waals surface area contributed by atoms with E-state index in [-0.39, 0.29) is 0 Å². The van der Waals surface area contributed by atoms with Gasteiger partial charge in [-0.2, -0.15) is 0 Å². The molecule has 2 N–H and O–H groups in total. The zero-order chi connectivity index (χ0) is 13.1. The van der Waals surface area contributed by atoms with Crippen molar-refractivity contribution in [2.45, 2.75) is 64.1 Å². The number of likely N-dealkylation sites (tertiary alicyclic amines) is 1. The lowest BCUT2D eigenvalue weighted by Gasteiger charge is -2.40. The summed E-state index contributed by atoms with van der Waals surface area (Å²) in [6.45, 7) is 6.65. The highest BCUT2D eigenvalue weighted by molar-refractivity contribution is 5.66. The molecule has 2 atom stereocenters. The van der Waals surface area contributed by atoms with Crippen LogP contribution in [0.1, 0.15) is 46.0 Å². The second kappa shape index (κ2) is 6.02. The van der Waals surface area contributed by atoms with Crippen molar-refractivity contribution in [3.8, 4) is 0 Å². The Labute approximate surface area is 110 Å². The van der Waals surface area contributed by atoms with Crippen molar-refractivity contribution < 1.29 is 9.90 Å². The predicted octanol–water partition coefficient (Wildman–Crippen LogP) is 1.70. The van der Waals surface area contributed by atoms with Crippen molar-refractivity contribution in [2.24, 2.45) is 5.92 Å². The van der Waals surface area contributed by atoms with Gasteiger partial charge in [0.1, 0.15) is 0 Å². The highest BCUT2D eigenvalue weighted by Crippen LogP contribution is 2.26. The average molecular weight is 254 g/mol. The van der Waals surface area contributed by atoms with Gasteiger partial charge in [0.2, 0.25) is 0 Å². The van der Waals surface area contributed by atoms with Gasteiger partial charge in [0.15, 0.2) is 0 Å². The van der Waals surface area contributed by atoms with Crippen LogP contribution in [0.2, 0.25) is 0 Å². The fraction of sp³-hybridized carbons (Fsp3) is 0.929. The summed E-state index contributed by atoms with van der Waals surface area (Å²) >= 11 is 0. The van der Waals surface area contributed by atoms with Crippen molar-refractivity contribution in [1.82, 2.24) is 10.2 Å². The molecule has 2 unspecified atom stereocenters. The van der Waals surface area contributed by atoms with E-state index < -0.39 is 5.97 Å². The summed E-state index contributed by atoms with van der Waals surface area (Å²) in [6.07, 6.45) is 4.91. The molecule has 1 saturated carbocycles. The molecule has 1 saturated heterocycles. The van der Waals surface area contributed by atoms with Gasteiger partial charge in [-0.05, 0) is 45.4 Å². The minimum Gasteiger partial charge on any atom is -0.481 e. The zero-order valence-electron chi connectivity index (χ0n) is 11.6. The molecule has 0 spiro atoms. The molecule has 2 aliphatic rings. The van der Waals surface area contributed by atoms with Crippen LogP contribution in [-0.4, -0.2) is 47.2 Å². The van der Waals surface area contributed by atoms with Crippen LogP contribution in [0.3, 0.4) is 0 Å². The molecular formula is C14H26N2O2. The lowest BCUT2D eigenvalue weighted by Crippen LogP contribution is -2.52. The highest BCUT2D eigenvalue weighted by Gasteiger charge is 2.32. The van der Waals surface area contributed by atoms with Gasteiger partial charge >= 0.3 is 5.97 Å². The Kier molecular flexibility index (Phi) is 4.62. The number of rotatable bonds is 6. The Morgan fingerprint density at radius 2 is 2.06 bits per heavy atom. The smallest absolute Gasteiger partial charge is 0.303 e. The summed E-state index contributed by atoms with van der Waals surface area (Å²) in [7, 11) is 0. The molecule has 4 nitrogen and oxygen atoms in total. The van der Waals surface area contributed by atoms with Gasteiger partial charge in [-0.3, -0.25) is 9.69 Å². The van der Waals surface area contributed by atoms with Gasteiger partial charge in [0.05, 0.1) is 0 Å². The molecule has 0 aromatic rings. The number of aliphatic carboxylic acids is 1. The summed E-state index contributed by atoms with van der Waals surface area (Å²) in [5, 5.41) is 12.5. The van der Waals surface area contributed by atoms with Crippen LogP contribution in [-0.2, 0) is 4.79 Å². The third-order valence-electron chi connectivity index (χ3n) is 4.11. The second-order valence-corrected chi connectivity index (χ2v) is 6.22. The summed E-state index contributed by atoms with van der Waals surface area (Å²) in [4.78, 5) is 13.2. The molecule has 1 heterocycles. The number of carboxylic acids is 1. The van der Waals surface area contributed by atoms with E-state index in [2.05, 4.69) is 24.1 Å². The van der Waals surface area contributed by atoms with Crippen LogP contribution in [0.5, 0.6) is 0 Å². The molecular weight excluding hydrogens is 228 g/mol. The monoisotopic (exact) mass is 254 g/mol. The highest BCUT2D eigenvalue weighted by atomic mass is 16.4. The van der Waals surface area contributed by atoms with E-state index in [1.165, 1.54) is 12.8 Å². The van der Waals surface area contributed by atoms with E-state index in [1.54, 1.807) is 0 Å². The molecule has 1 aliphatic heterocycles. The molecule has 0 aromatic carbocycles. The van der Waals surface area contributed by atoms with Gasteiger partial charge < -0.3 is 10.4 Å². The van der Waals surface area contributed by atoms with Crippen molar-refractivity contribution in [2.75, 3.05) is 13.1 Å². The van der Waals surface area contributed by atoms with E-state index >= 15 is 0 Å². The number of nitrogens with zero attached hydrogens (tertiary/aromatic N) is 1. The molecule has 0 aromatic heterocycles. The maximum absolute atomic E-state index is 10.7. The SMILES string of the molecule is CC(C)N1CC(CCC(=O)O)CC(NC2CC2)C1. The topological polar surface area (TPSA) is 52.6 Å². The number of carboxylic acid groups (broad SMARTS) is 1.